The molecule has 0 radical (unpaired) electrons. The molecule has 5 N–H and O–H groups in total. The third-order valence-corrected chi connectivity index (χ3v) is 5.42. The molecular weight excluding hydrogens is 468 g/mol. The Kier molecular flexibility index (Phi) is 6.60. The number of quaternary nitrogens is 1. The van der Waals surface area contributed by atoms with Crippen molar-refractivity contribution in [2.24, 2.45) is 0 Å². The highest BCUT2D eigenvalue weighted by atomic mass is 32.1. The van der Waals surface area contributed by atoms with E-state index in [4.69, 9.17) is 5.41 Å². The monoisotopic (exact) mass is 485 g/mol. The molecule has 3 rings (SSSR count). The molecule has 0 aliphatic carbocycles. The molecule has 1 aliphatic rings. The molecule has 4 amide bonds. The van der Waals surface area contributed by atoms with Crippen molar-refractivity contribution < 1.29 is 37.3 Å². The van der Waals surface area contributed by atoms with Crippen molar-refractivity contribution >= 4 is 40.1 Å². The molecule has 33 heavy (non-hydrogen) atoms. The lowest BCUT2D eigenvalue weighted by Crippen LogP contribution is -2.97. The van der Waals surface area contributed by atoms with Crippen LogP contribution in [0.5, 0.6) is 0 Å². The lowest BCUT2D eigenvalue weighted by Gasteiger charge is -2.23. The highest BCUT2D eigenvalue weighted by Crippen LogP contribution is 2.34. The number of urea groups is 1. The predicted octanol–water partition coefficient (Wildman–Crippen LogP) is 1.90. The zero-order valence-electron chi connectivity index (χ0n) is 17.1. The summed E-state index contributed by atoms with van der Waals surface area (Å²) >= 11 is 0.871. The molecule has 1 aromatic carbocycles. The number of nitrogens with two attached hydrogens (primary N) is 1. The standard InChI is InChI=1S/C19H16F4N6O3S/c1-25-11(14-15(24)29(2)18(32)28-16(14)31)6-13(30)27-17-26-12(7-33-17)9-5-8(19(21,22)23)3-4-10(9)20/h3-5,7,24-25H,6H2,1-2H3,(H,26,27,30)(H,28,31,32)/p+1. The normalized spacial score (nSPS) is 16.2. The van der Waals surface area contributed by atoms with E-state index < -0.39 is 35.4 Å². The molecule has 0 bridgehead atoms. The van der Waals surface area contributed by atoms with E-state index in [0.717, 1.165) is 21.6 Å². The number of amides is 4. The van der Waals surface area contributed by atoms with Crippen LogP contribution in [0.4, 0.5) is 27.5 Å². The van der Waals surface area contributed by atoms with Crippen molar-refractivity contribution in [3.63, 3.8) is 0 Å². The molecule has 0 atom stereocenters. The molecule has 2 heterocycles. The minimum atomic E-state index is -4.66. The van der Waals surface area contributed by atoms with Gasteiger partial charge in [0.05, 0.1) is 17.7 Å². The zero-order chi connectivity index (χ0) is 24.5. The van der Waals surface area contributed by atoms with Crippen molar-refractivity contribution in [2.45, 2.75) is 12.6 Å². The second-order valence-electron chi connectivity index (χ2n) is 6.81. The summed E-state index contributed by atoms with van der Waals surface area (Å²) in [6.45, 7) is 0. The molecule has 14 heteroatoms. The van der Waals surface area contributed by atoms with Gasteiger partial charge in [0.1, 0.15) is 11.4 Å². The number of primary amides is 2. The summed E-state index contributed by atoms with van der Waals surface area (Å²) in [5, 5.41) is 15.2. The molecule has 1 fully saturated rings. The molecule has 1 aliphatic heterocycles. The third kappa shape index (κ3) is 5.06. The Morgan fingerprint density at radius 2 is 2.00 bits per heavy atom. The van der Waals surface area contributed by atoms with Gasteiger partial charge < -0.3 is 10.6 Å². The lowest BCUT2D eigenvalue weighted by molar-refractivity contribution is -0.473. The summed E-state index contributed by atoms with van der Waals surface area (Å²) in [7, 11) is 2.75. The largest absolute Gasteiger partial charge is 0.428 e. The van der Waals surface area contributed by atoms with Gasteiger partial charge in [-0.1, -0.05) is 0 Å². The fourth-order valence-electron chi connectivity index (χ4n) is 2.95. The summed E-state index contributed by atoms with van der Waals surface area (Å²) in [5.41, 5.74) is -1.57. The SMILES string of the molecule is CNC(CC(=O)Nc1nc(-c2cc(C(F)(F)F)ccc2F)cs1)=C1C(=N)N(C)C(=O)[NH2+]C1=O. The number of hydrogen-bond donors (Lipinski definition) is 4. The summed E-state index contributed by atoms with van der Waals surface area (Å²) < 4.78 is 52.9. The van der Waals surface area contributed by atoms with E-state index in [9.17, 15) is 31.9 Å². The smallest absolute Gasteiger partial charge is 0.390 e. The van der Waals surface area contributed by atoms with Gasteiger partial charge >= 0.3 is 18.1 Å². The van der Waals surface area contributed by atoms with Gasteiger partial charge in [-0.25, -0.2) is 23.9 Å². The van der Waals surface area contributed by atoms with Gasteiger partial charge in [-0.2, -0.15) is 18.5 Å². The van der Waals surface area contributed by atoms with Crippen LogP contribution in [0.25, 0.3) is 11.3 Å². The van der Waals surface area contributed by atoms with Crippen molar-refractivity contribution in [3.8, 4) is 11.3 Å². The molecule has 174 valence electrons. The number of alkyl halides is 3. The van der Waals surface area contributed by atoms with Crippen LogP contribution in [0.15, 0.2) is 34.8 Å². The Labute approximate surface area is 188 Å². The van der Waals surface area contributed by atoms with E-state index in [1.165, 1.54) is 19.5 Å². The van der Waals surface area contributed by atoms with Gasteiger partial charge in [0.25, 0.3) is 0 Å². The van der Waals surface area contributed by atoms with Crippen molar-refractivity contribution in [1.82, 2.24) is 15.2 Å². The van der Waals surface area contributed by atoms with Crippen LogP contribution in [0.1, 0.15) is 12.0 Å². The number of nitrogens with one attached hydrogen (secondary N) is 3. The highest BCUT2D eigenvalue weighted by molar-refractivity contribution is 7.14. The minimum Gasteiger partial charge on any atom is -0.390 e. The van der Waals surface area contributed by atoms with Gasteiger partial charge in [0.15, 0.2) is 11.0 Å². The number of carbonyl (C=O) groups is 3. The number of imide groups is 1. The lowest BCUT2D eigenvalue weighted by atomic mass is 10.1. The second kappa shape index (κ2) is 9.07. The van der Waals surface area contributed by atoms with E-state index in [2.05, 4.69) is 15.6 Å². The van der Waals surface area contributed by atoms with Crippen LogP contribution in [0, 0.1) is 11.2 Å². The molecule has 0 saturated carbocycles. The first-order chi connectivity index (χ1) is 15.4. The van der Waals surface area contributed by atoms with Crippen molar-refractivity contribution in [1.29, 1.82) is 5.41 Å². The average Bonchev–Trinajstić information content (AvgIpc) is 3.18. The fraction of sp³-hybridized carbons (Fsp3) is 0.211. The number of amidine groups is 1. The molecule has 0 spiro atoms. The second-order valence-corrected chi connectivity index (χ2v) is 7.67. The maximum Gasteiger partial charge on any atom is 0.428 e. The van der Waals surface area contributed by atoms with Crippen LogP contribution >= 0.6 is 11.3 Å². The Morgan fingerprint density at radius 1 is 1.30 bits per heavy atom. The van der Waals surface area contributed by atoms with E-state index >= 15 is 0 Å². The van der Waals surface area contributed by atoms with Crippen LogP contribution < -0.4 is 16.0 Å². The summed E-state index contributed by atoms with van der Waals surface area (Å²) in [4.78, 5) is 41.2. The number of thiazole rings is 1. The fourth-order valence-corrected chi connectivity index (χ4v) is 3.67. The molecule has 0 unspecified atom stereocenters. The number of aromatic nitrogens is 1. The molecule has 2 aromatic rings. The predicted molar refractivity (Wildman–Crippen MR) is 110 cm³/mol. The van der Waals surface area contributed by atoms with Crippen LogP contribution in [-0.4, -0.2) is 47.7 Å². The number of halogens is 4. The molecular formula is C19H17F4N6O3S+. The number of hydrogen-bond acceptors (Lipinski definition) is 7. The first-order valence-electron chi connectivity index (χ1n) is 9.21. The van der Waals surface area contributed by atoms with Crippen molar-refractivity contribution in [3.05, 3.63) is 46.2 Å². The first-order valence-corrected chi connectivity index (χ1v) is 10.1. The number of benzene rings is 1. The quantitative estimate of drug-likeness (QED) is 0.380. The van der Waals surface area contributed by atoms with Crippen LogP contribution in [0.2, 0.25) is 0 Å². The number of likely N-dealkylation sites (N-methyl/N-ethyl adjacent to an activating group) is 1. The summed E-state index contributed by atoms with van der Waals surface area (Å²) in [6.07, 6.45) is -5.05. The van der Waals surface area contributed by atoms with Gasteiger partial charge in [-0.15, -0.1) is 11.3 Å². The topological polar surface area (TPSA) is 132 Å². The zero-order valence-corrected chi connectivity index (χ0v) is 17.9. The Bertz CT molecular complexity index is 1190. The molecule has 1 aromatic heterocycles. The highest BCUT2D eigenvalue weighted by Gasteiger charge is 2.38. The number of anilines is 1. The van der Waals surface area contributed by atoms with Gasteiger partial charge in [-0.05, 0) is 18.2 Å². The van der Waals surface area contributed by atoms with E-state index in [0.29, 0.717) is 18.2 Å². The van der Waals surface area contributed by atoms with Gasteiger partial charge in [0, 0.05) is 30.7 Å². The maximum absolute atomic E-state index is 14.1. The Balaban J connectivity index is 1.80. The van der Waals surface area contributed by atoms with E-state index in [-0.39, 0.29) is 39.9 Å². The Hall–Kier alpha value is -3.65. The van der Waals surface area contributed by atoms with E-state index in [1.807, 2.05) is 0 Å². The van der Waals surface area contributed by atoms with Crippen LogP contribution in [-0.2, 0) is 15.8 Å². The van der Waals surface area contributed by atoms with Gasteiger partial charge in [0.2, 0.25) is 5.91 Å². The van der Waals surface area contributed by atoms with Gasteiger partial charge in [-0.3, -0.25) is 10.2 Å². The summed E-state index contributed by atoms with van der Waals surface area (Å²) in [6, 6.07) is 1.28. The number of nitrogens with zero attached hydrogens (tertiary/aromatic N) is 2. The summed E-state index contributed by atoms with van der Waals surface area (Å²) in [5.74, 6) is -2.66. The van der Waals surface area contributed by atoms with Crippen molar-refractivity contribution in [2.75, 3.05) is 19.4 Å². The molecule has 9 nitrogen and oxygen atoms in total. The Morgan fingerprint density at radius 3 is 2.64 bits per heavy atom. The average molecular weight is 485 g/mol. The van der Waals surface area contributed by atoms with E-state index in [1.54, 1.807) is 0 Å². The number of carbonyl (C=O) groups excluding carboxylic acids is 3. The number of rotatable bonds is 5. The molecule has 1 saturated heterocycles. The third-order valence-electron chi connectivity index (χ3n) is 4.66. The maximum atomic E-state index is 14.1. The van der Waals surface area contributed by atoms with Crippen LogP contribution in [0.3, 0.4) is 0 Å². The minimum absolute atomic E-state index is 0.00355. The first kappa shape index (κ1) is 24.0.